The Labute approximate surface area is 137 Å². The van der Waals surface area contributed by atoms with Crippen molar-refractivity contribution in [3.8, 4) is 17.3 Å². The summed E-state index contributed by atoms with van der Waals surface area (Å²) in [4.78, 5) is 30.3. The second-order valence-corrected chi connectivity index (χ2v) is 6.86. The van der Waals surface area contributed by atoms with E-state index in [0.29, 0.717) is 17.1 Å². The molecule has 5 nitrogen and oxygen atoms in total. The molecular weight excluding hydrogens is 310 g/mol. The summed E-state index contributed by atoms with van der Waals surface area (Å²) >= 11 is 1.39. The molecule has 1 spiro atoms. The van der Waals surface area contributed by atoms with Crippen LogP contribution in [0, 0.1) is 11.3 Å². The lowest BCUT2D eigenvalue weighted by Gasteiger charge is -2.43. The van der Waals surface area contributed by atoms with E-state index in [9.17, 15) is 9.59 Å². The van der Waals surface area contributed by atoms with E-state index in [1.54, 1.807) is 17.0 Å². The largest absolute Gasteiger partial charge is 0.296 e. The van der Waals surface area contributed by atoms with Crippen LogP contribution in [0.3, 0.4) is 0 Å². The molecule has 1 aliphatic carbocycles. The number of nitrogens with zero attached hydrogens (tertiary/aromatic N) is 3. The Morgan fingerprint density at radius 1 is 1.22 bits per heavy atom. The van der Waals surface area contributed by atoms with E-state index >= 15 is 0 Å². The van der Waals surface area contributed by atoms with E-state index in [-0.39, 0.29) is 11.3 Å². The van der Waals surface area contributed by atoms with Crippen molar-refractivity contribution in [2.45, 2.75) is 31.2 Å². The first-order chi connectivity index (χ1) is 11.1. The molecule has 1 aromatic carbocycles. The SMILES string of the molecule is N#Cc1ccc(-c2csc(N3C(=O)C(=O)CC34CCC4)n2)cc1. The molecule has 0 unspecified atom stereocenters. The summed E-state index contributed by atoms with van der Waals surface area (Å²) in [5.74, 6) is -0.731. The third kappa shape index (κ3) is 2.08. The summed E-state index contributed by atoms with van der Waals surface area (Å²) in [6.45, 7) is 0. The van der Waals surface area contributed by atoms with Crippen LogP contribution in [0.5, 0.6) is 0 Å². The maximum Gasteiger partial charge on any atom is 0.296 e. The number of hydrogen-bond donors (Lipinski definition) is 0. The van der Waals surface area contributed by atoms with Crippen LogP contribution < -0.4 is 4.90 Å². The van der Waals surface area contributed by atoms with Gasteiger partial charge in [-0.05, 0) is 31.4 Å². The highest BCUT2D eigenvalue weighted by atomic mass is 32.1. The van der Waals surface area contributed by atoms with Gasteiger partial charge in [-0.25, -0.2) is 4.98 Å². The maximum absolute atomic E-state index is 12.3. The Kier molecular flexibility index (Phi) is 3.06. The fourth-order valence-electron chi connectivity index (χ4n) is 3.28. The lowest BCUT2D eigenvalue weighted by molar-refractivity contribution is -0.133. The lowest BCUT2D eigenvalue weighted by Crippen LogP contribution is -2.51. The van der Waals surface area contributed by atoms with Crippen molar-refractivity contribution in [1.29, 1.82) is 5.26 Å². The molecule has 114 valence electrons. The van der Waals surface area contributed by atoms with E-state index in [4.69, 9.17) is 5.26 Å². The van der Waals surface area contributed by atoms with Crippen molar-refractivity contribution < 1.29 is 9.59 Å². The molecule has 1 aromatic heterocycles. The average Bonchev–Trinajstić information content (AvgIpc) is 3.11. The molecule has 0 bridgehead atoms. The average molecular weight is 323 g/mol. The highest BCUT2D eigenvalue weighted by Gasteiger charge is 2.55. The summed E-state index contributed by atoms with van der Waals surface area (Å²) < 4.78 is 0. The van der Waals surface area contributed by atoms with E-state index in [2.05, 4.69) is 11.1 Å². The standard InChI is InChI=1S/C17H13N3O2S/c18-9-11-2-4-12(5-3-11)13-10-23-16(19-13)20-15(22)14(21)8-17(20)6-1-7-17/h2-5,10H,1,6-8H2. The number of thiazole rings is 1. The van der Waals surface area contributed by atoms with Crippen molar-refractivity contribution >= 4 is 28.2 Å². The number of anilines is 1. The molecular formula is C17H13N3O2S. The molecule has 2 heterocycles. The fraction of sp³-hybridized carbons (Fsp3) is 0.294. The Hall–Kier alpha value is -2.52. The van der Waals surface area contributed by atoms with E-state index in [0.717, 1.165) is 30.5 Å². The molecule has 1 amide bonds. The van der Waals surface area contributed by atoms with Gasteiger partial charge in [0.25, 0.3) is 5.91 Å². The summed E-state index contributed by atoms with van der Waals surface area (Å²) in [5, 5.41) is 11.3. The summed E-state index contributed by atoms with van der Waals surface area (Å²) in [6.07, 6.45) is 3.11. The molecule has 1 saturated heterocycles. The Morgan fingerprint density at radius 3 is 2.57 bits per heavy atom. The number of rotatable bonds is 2. The second-order valence-electron chi connectivity index (χ2n) is 6.02. The topological polar surface area (TPSA) is 74.1 Å². The smallest absolute Gasteiger partial charge is 0.289 e. The van der Waals surface area contributed by atoms with Crippen LogP contribution >= 0.6 is 11.3 Å². The number of hydrogen-bond acceptors (Lipinski definition) is 5. The number of Topliss-reactive ketones (excluding diaryl/α,β-unsaturated/α-hetero) is 1. The van der Waals surface area contributed by atoms with Crippen LogP contribution in [0.15, 0.2) is 29.6 Å². The van der Waals surface area contributed by atoms with Gasteiger partial charge in [0.1, 0.15) is 0 Å². The van der Waals surface area contributed by atoms with Gasteiger partial charge in [0.2, 0.25) is 5.78 Å². The molecule has 0 radical (unpaired) electrons. The van der Waals surface area contributed by atoms with Crippen LogP contribution in [-0.4, -0.2) is 22.2 Å². The minimum Gasteiger partial charge on any atom is -0.289 e. The number of benzene rings is 1. The van der Waals surface area contributed by atoms with Crippen LogP contribution in [0.25, 0.3) is 11.3 Å². The molecule has 0 atom stereocenters. The molecule has 1 saturated carbocycles. The number of carbonyl (C=O) groups is 2. The van der Waals surface area contributed by atoms with Crippen molar-refractivity contribution in [3.63, 3.8) is 0 Å². The van der Waals surface area contributed by atoms with Crippen LogP contribution in [0.2, 0.25) is 0 Å². The molecule has 4 rings (SSSR count). The Bertz CT molecular complexity index is 843. The van der Waals surface area contributed by atoms with Crippen molar-refractivity contribution in [3.05, 3.63) is 35.2 Å². The zero-order chi connectivity index (χ0) is 16.0. The van der Waals surface area contributed by atoms with Gasteiger partial charge in [0.15, 0.2) is 5.13 Å². The molecule has 2 aliphatic rings. The zero-order valence-electron chi connectivity index (χ0n) is 12.3. The first kappa shape index (κ1) is 14.1. The third-order valence-corrected chi connectivity index (χ3v) is 5.51. The van der Waals surface area contributed by atoms with E-state index in [1.165, 1.54) is 11.3 Å². The molecule has 1 aliphatic heterocycles. The molecule has 2 aromatic rings. The molecule has 6 heteroatoms. The van der Waals surface area contributed by atoms with Gasteiger partial charge in [0.05, 0.1) is 22.9 Å². The number of carbonyl (C=O) groups excluding carboxylic acids is 2. The van der Waals surface area contributed by atoms with Gasteiger partial charge in [-0.15, -0.1) is 11.3 Å². The first-order valence-corrected chi connectivity index (χ1v) is 8.34. The second kappa shape index (κ2) is 5.00. The summed E-state index contributed by atoms with van der Waals surface area (Å²) in [6, 6.07) is 9.25. The lowest BCUT2D eigenvalue weighted by atomic mass is 9.75. The number of aromatic nitrogens is 1. The quantitative estimate of drug-likeness (QED) is 0.797. The maximum atomic E-state index is 12.3. The van der Waals surface area contributed by atoms with Crippen LogP contribution in [-0.2, 0) is 9.59 Å². The Balaban J connectivity index is 1.68. The van der Waals surface area contributed by atoms with Gasteiger partial charge >= 0.3 is 0 Å². The Morgan fingerprint density at radius 2 is 1.96 bits per heavy atom. The van der Waals surface area contributed by atoms with Crippen LogP contribution in [0.4, 0.5) is 5.13 Å². The van der Waals surface area contributed by atoms with Gasteiger partial charge in [0, 0.05) is 17.4 Å². The number of nitriles is 1. The predicted octanol–water partition coefficient (Wildman–Crippen LogP) is 2.91. The minimum absolute atomic E-state index is 0.306. The fourth-order valence-corrected chi connectivity index (χ4v) is 4.22. The first-order valence-electron chi connectivity index (χ1n) is 7.46. The van der Waals surface area contributed by atoms with Crippen molar-refractivity contribution in [1.82, 2.24) is 4.98 Å². The number of ketones is 1. The highest BCUT2D eigenvalue weighted by Crippen LogP contribution is 2.48. The summed E-state index contributed by atoms with van der Waals surface area (Å²) in [7, 11) is 0. The van der Waals surface area contributed by atoms with Crippen molar-refractivity contribution in [2.24, 2.45) is 0 Å². The third-order valence-electron chi connectivity index (χ3n) is 4.68. The van der Waals surface area contributed by atoms with Gasteiger partial charge in [-0.1, -0.05) is 12.1 Å². The van der Waals surface area contributed by atoms with Gasteiger partial charge in [-0.2, -0.15) is 5.26 Å². The molecule has 23 heavy (non-hydrogen) atoms. The monoisotopic (exact) mass is 323 g/mol. The highest BCUT2D eigenvalue weighted by molar-refractivity contribution is 7.14. The zero-order valence-corrected chi connectivity index (χ0v) is 13.1. The molecule has 0 N–H and O–H groups in total. The van der Waals surface area contributed by atoms with Crippen molar-refractivity contribution in [2.75, 3.05) is 4.90 Å². The van der Waals surface area contributed by atoms with E-state index in [1.807, 2.05) is 17.5 Å². The van der Waals surface area contributed by atoms with Gasteiger partial charge < -0.3 is 0 Å². The summed E-state index contributed by atoms with van der Waals surface area (Å²) in [5.41, 5.74) is 1.93. The normalized spacial score (nSPS) is 19.0. The van der Waals surface area contributed by atoms with Gasteiger partial charge in [-0.3, -0.25) is 14.5 Å². The van der Waals surface area contributed by atoms with E-state index < -0.39 is 5.91 Å². The minimum atomic E-state index is -0.426. The predicted molar refractivity (Wildman–Crippen MR) is 86.0 cm³/mol. The molecule has 2 fully saturated rings. The number of amides is 1. The van der Waals surface area contributed by atoms with Crippen LogP contribution in [0.1, 0.15) is 31.2 Å².